The van der Waals surface area contributed by atoms with Crippen LogP contribution in [0.5, 0.6) is 0 Å². The quantitative estimate of drug-likeness (QED) is 0.598. The number of hydrogen-bond acceptors (Lipinski definition) is 5. The molecule has 0 unspecified atom stereocenters. The molecule has 140 valence electrons. The van der Waals surface area contributed by atoms with Gasteiger partial charge in [0.25, 0.3) is 5.91 Å². The molecule has 1 fully saturated rings. The van der Waals surface area contributed by atoms with E-state index in [-0.39, 0.29) is 5.91 Å². The summed E-state index contributed by atoms with van der Waals surface area (Å²) < 4.78 is 7.23. The highest BCUT2D eigenvalue weighted by molar-refractivity contribution is 6.06. The number of benzene rings is 2. The first-order valence-corrected chi connectivity index (χ1v) is 9.25. The molecule has 1 N–H and O–H groups in total. The Kier molecular flexibility index (Phi) is 4.14. The van der Waals surface area contributed by atoms with Crippen molar-refractivity contribution in [3.8, 4) is 0 Å². The predicted molar refractivity (Wildman–Crippen MR) is 108 cm³/mol. The van der Waals surface area contributed by atoms with Crippen LogP contribution in [-0.4, -0.2) is 46.8 Å². The van der Waals surface area contributed by atoms with E-state index < -0.39 is 0 Å². The molecule has 1 aliphatic heterocycles. The molecule has 4 aromatic rings. The van der Waals surface area contributed by atoms with E-state index in [4.69, 9.17) is 4.74 Å². The van der Waals surface area contributed by atoms with Crippen LogP contribution in [0, 0.1) is 0 Å². The first-order valence-electron chi connectivity index (χ1n) is 9.25. The Balaban J connectivity index is 1.47. The van der Waals surface area contributed by atoms with E-state index in [0.717, 1.165) is 29.7 Å². The molecule has 0 saturated carbocycles. The van der Waals surface area contributed by atoms with Crippen LogP contribution in [0.1, 0.15) is 10.4 Å². The Morgan fingerprint density at radius 1 is 1.00 bits per heavy atom. The highest BCUT2D eigenvalue weighted by Gasteiger charge is 2.17. The van der Waals surface area contributed by atoms with E-state index in [1.807, 2.05) is 54.6 Å². The summed E-state index contributed by atoms with van der Waals surface area (Å²) in [6.45, 7) is 2.89. The van der Waals surface area contributed by atoms with Crippen LogP contribution in [0.15, 0.2) is 60.8 Å². The van der Waals surface area contributed by atoms with Crippen molar-refractivity contribution in [3.05, 3.63) is 66.4 Å². The van der Waals surface area contributed by atoms with Gasteiger partial charge in [-0.25, -0.2) is 4.98 Å². The zero-order valence-corrected chi connectivity index (χ0v) is 15.2. The number of amides is 1. The molecule has 0 aliphatic carbocycles. The SMILES string of the molecule is O=C(Nc1cc(N2CCOCC2)n2nccc2n1)c1ccc2ccccc2c1. The first kappa shape index (κ1) is 16.7. The second kappa shape index (κ2) is 6.94. The number of ether oxygens (including phenoxy) is 1. The lowest BCUT2D eigenvalue weighted by Crippen LogP contribution is -2.37. The molecule has 0 bridgehead atoms. The molecular formula is C21H19N5O2. The van der Waals surface area contributed by atoms with E-state index in [0.29, 0.717) is 30.2 Å². The summed E-state index contributed by atoms with van der Waals surface area (Å²) in [6.07, 6.45) is 1.71. The van der Waals surface area contributed by atoms with Crippen LogP contribution in [0.4, 0.5) is 11.6 Å². The van der Waals surface area contributed by atoms with Gasteiger partial charge in [-0.15, -0.1) is 0 Å². The van der Waals surface area contributed by atoms with Gasteiger partial charge in [-0.3, -0.25) is 4.79 Å². The maximum Gasteiger partial charge on any atom is 0.256 e. The summed E-state index contributed by atoms with van der Waals surface area (Å²) in [5.41, 5.74) is 1.29. The van der Waals surface area contributed by atoms with Crippen molar-refractivity contribution < 1.29 is 9.53 Å². The van der Waals surface area contributed by atoms with Gasteiger partial charge in [0.2, 0.25) is 0 Å². The summed E-state index contributed by atoms with van der Waals surface area (Å²) in [6, 6.07) is 17.4. The number of carbonyl (C=O) groups is 1. The van der Waals surface area contributed by atoms with Crippen molar-refractivity contribution in [2.24, 2.45) is 0 Å². The van der Waals surface area contributed by atoms with Crippen molar-refractivity contribution in [1.29, 1.82) is 0 Å². The Hall–Kier alpha value is -3.45. The Labute approximate surface area is 161 Å². The van der Waals surface area contributed by atoms with E-state index >= 15 is 0 Å². The average molecular weight is 373 g/mol. The van der Waals surface area contributed by atoms with Crippen molar-refractivity contribution in [2.75, 3.05) is 36.5 Å². The van der Waals surface area contributed by atoms with Crippen molar-refractivity contribution in [3.63, 3.8) is 0 Å². The highest BCUT2D eigenvalue weighted by Crippen LogP contribution is 2.22. The average Bonchev–Trinajstić information content (AvgIpc) is 3.22. The maximum absolute atomic E-state index is 12.8. The van der Waals surface area contributed by atoms with Gasteiger partial charge in [0.15, 0.2) is 5.65 Å². The van der Waals surface area contributed by atoms with Crippen LogP contribution in [-0.2, 0) is 4.74 Å². The molecule has 2 aromatic carbocycles. The van der Waals surface area contributed by atoms with E-state index in [2.05, 4.69) is 20.3 Å². The van der Waals surface area contributed by atoms with E-state index in [1.165, 1.54) is 0 Å². The van der Waals surface area contributed by atoms with Crippen molar-refractivity contribution in [2.45, 2.75) is 0 Å². The third-order valence-corrected chi connectivity index (χ3v) is 4.93. The van der Waals surface area contributed by atoms with Gasteiger partial charge in [-0.05, 0) is 22.9 Å². The molecule has 0 atom stereocenters. The number of aromatic nitrogens is 3. The van der Waals surface area contributed by atoms with E-state index in [9.17, 15) is 4.79 Å². The number of anilines is 2. The number of carbonyl (C=O) groups excluding carboxylic acids is 1. The molecule has 7 nitrogen and oxygen atoms in total. The Morgan fingerprint density at radius 2 is 1.82 bits per heavy atom. The van der Waals surface area contributed by atoms with Crippen LogP contribution in [0.2, 0.25) is 0 Å². The summed E-state index contributed by atoms with van der Waals surface area (Å²) in [4.78, 5) is 19.5. The van der Waals surface area contributed by atoms with Gasteiger partial charge >= 0.3 is 0 Å². The molecule has 28 heavy (non-hydrogen) atoms. The number of hydrogen-bond donors (Lipinski definition) is 1. The van der Waals surface area contributed by atoms with E-state index in [1.54, 1.807) is 10.7 Å². The molecule has 1 saturated heterocycles. The Bertz CT molecular complexity index is 1160. The predicted octanol–water partition coefficient (Wildman–Crippen LogP) is 2.97. The van der Waals surface area contributed by atoms with Crippen LogP contribution in [0.25, 0.3) is 16.4 Å². The molecule has 1 amide bonds. The topological polar surface area (TPSA) is 71.8 Å². The molecule has 7 heteroatoms. The van der Waals surface area contributed by atoms with Gasteiger partial charge < -0.3 is 15.0 Å². The molecule has 0 radical (unpaired) electrons. The normalized spacial score (nSPS) is 14.5. The number of nitrogens with one attached hydrogen (secondary N) is 1. The van der Waals surface area contributed by atoms with Crippen LogP contribution >= 0.6 is 0 Å². The fourth-order valence-corrected chi connectivity index (χ4v) is 3.50. The standard InChI is InChI=1S/C21H19N5O2/c27-21(17-6-5-15-3-1-2-4-16(15)13-17)24-18-14-20(25-9-11-28-12-10-25)26-19(23-18)7-8-22-26/h1-8,13-14H,9-12H2,(H,23,24,27). The largest absolute Gasteiger partial charge is 0.378 e. The van der Waals surface area contributed by atoms with Gasteiger partial charge in [-0.1, -0.05) is 30.3 Å². The van der Waals surface area contributed by atoms with Gasteiger partial charge in [0.1, 0.15) is 11.6 Å². The zero-order valence-electron chi connectivity index (χ0n) is 15.2. The van der Waals surface area contributed by atoms with Gasteiger partial charge in [-0.2, -0.15) is 9.61 Å². The summed E-state index contributed by atoms with van der Waals surface area (Å²) in [5, 5.41) is 9.44. The van der Waals surface area contributed by atoms with Gasteiger partial charge in [0.05, 0.1) is 19.4 Å². The molecule has 2 aromatic heterocycles. The lowest BCUT2D eigenvalue weighted by atomic mass is 10.1. The number of morpholine rings is 1. The van der Waals surface area contributed by atoms with Crippen molar-refractivity contribution >= 4 is 34.0 Å². The lowest BCUT2D eigenvalue weighted by molar-refractivity contribution is 0.102. The number of nitrogens with zero attached hydrogens (tertiary/aromatic N) is 4. The van der Waals surface area contributed by atoms with Gasteiger partial charge in [0, 0.05) is 30.8 Å². The molecular weight excluding hydrogens is 354 g/mol. The minimum atomic E-state index is -0.185. The monoisotopic (exact) mass is 373 g/mol. The first-order chi connectivity index (χ1) is 13.8. The second-order valence-electron chi connectivity index (χ2n) is 6.72. The highest BCUT2D eigenvalue weighted by atomic mass is 16.5. The molecule has 0 spiro atoms. The summed E-state index contributed by atoms with van der Waals surface area (Å²) in [5.74, 6) is 1.22. The number of fused-ring (bicyclic) bond motifs is 2. The molecule has 3 heterocycles. The maximum atomic E-state index is 12.8. The molecule has 5 rings (SSSR count). The Morgan fingerprint density at radius 3 is 2.68 bits per heavy atom. The fraction of sp³-hybridized carbons (Fsp3) is 0.190. The zero-order chi connectivity index (χ0) is 18.9. The third-order valence-electron chi connectivity index (χ3n) is 4.93. The second-order valence-corrected chi connectivity index (χ2v) is 6.72. The fourth-order valence-electron chi connectivity index (χ4n) is 3.50. The third kappa shape index (κ3) is 3.05. The van der Waals surface area contributed by atoms with Crippen LogP contribution in [0.3, 0.4) is 0 Å². The summed E-state index contributed by atoms with van der Waals surface area (Å²) >= 11 is 0. The molecule has 1 aliphatic rings. The lowest BCUT2D eigenvalue weighted by Gasteiger charge is -2.29. The summed E-state index contributed by atoms with van der Waals surface area (Å²) in [7, 11) is 0. The number of rotatable bonds is 3. The minimum absolute atomic E-state index is 0.185. The van der Waals surface area contributed by atoms with Crippen LogP contribution < -0.4 is 10.2 Å². The van der Waals surface area contributed by atoms with Crippen molar-refractivity contribution in [1.82, 2.24) is 14.6 Å². The smallest absolute Gasteiger partial charge is 0.256 e. The minimum Gasteiger partial charge on any atom is -0.378 e.